The van der Waals surface area contributed by atoms with Gasteiger partial charge < -0.3 is 14.5 Å². The Balaban J connectivity index is 1.59. The van der Waals surface area contributed by atoms with Crippen LogP contribution in [-0.4, -0.2) is 61.6 Å². The number of carbonyl (C=O) groups excluding carboxylic acids is 1. The maximum absolute atomic E-state index is 12.0. The Morgan fingerprint density at radius 1 is 1.00 bits per heavy atom. The van der Waals surface area contributed by atoms with E-state index >= 15 is 0 Å². The molecule has 2 aliphatic heterocycles. The molecule has 0 aromatic rings. The molecular weight excluding hydrogens is 276 g/mol. The summed E-state index contributed by atoms with van der Waals surface area (Å²) >= 11 is 0. The molecule has 0 bridgehead atoms. The average molecular weight is 310 g/mol. The number of hydrogen-bond donors (Lipinski definition) is 0. The predicted octanol–water partition coefficient (Wildman–Crippen LogP) is 2.77. The van der Waals surface area contributed by atoms with Crippen molar-refractivity contribution in [1.29, 1.82) is 0 Å². The standard InChI is InChI=1S/C18H34N2O2/c1-15(2)22-14-18(21)20-12-8-17(9-13-20)5-4-16-6-10-19(3)11-7-16/h15-17H,4-14H2,1-3H3. The molecule has 22 heavy (non-hydrogen) atoms. The van der Waals surface area contributed by atoms with Gasteiger partial charge in [0.2, 0.25) is 5.91 Å². The molecule has 0 unspecified atom stereocenters. The van der Waals surface area contributed by atoms with Crippen LogP contribution in [-0.2, 0) is 9.53 Å². The number of amides is 1. The van der Waals surface area contributed by atoms with Crippen molar-refractivity contribution in [3.8, 4) is 0 Å². The molecule has 0 saturated carbocycles. The van der Waals surface area contributed by atoms with Crippen LogP contribution in [0.4, 0.5) is 0 Å². The van der Waals surface area contributed by atoms with Gasteiger partial charge in [0.25, 0.3) is 0 Å². The maximum atomic E-state index is 12.0. The Bertz CT molecular complexity index is 330. The summed E-state index contributed by atoms with van der Waals surface area (Å²) in [7, 11) is 2.23. The van der Waals surface area contributed by atoms with Crippen LogP contribution in [0.15, 0.2) is 0 Å². The third-order valence-corrected chi connectivity index (χ3v) is 5.33. The van der Waals surface area contributed by atoms with Crippen LogP contribution in [0, 0.1) is 11.8 Å². The van der Waals surface area contributed by atoms with Gasteiger partial charge in [-0.05, 0) is 71.5 Å². The molecule has 0 aromatic carbocycles. The Morgan fingerprint density at radius 2 is 1.50 bits per heavy atom. The molecular formula is C18H34N2O2. The minimum atomic E-state index is 0.135. The van der Waals surface area contributed by atoms with Crippen molar-refractivity contribution in [3.05, 3.63) is 0 Å². The van der Waals surface area contributed by atoms with Gasteiger partial charge in [-0.2, -0.15) is 0 Å². The fourth-order valence-electron chi connectivity index (χ4n) is 3.62. The van der Waals surface area contributed by atoms with Crippen LogP contribution in [0.5, 0.6) is 0 Å². The molecule has 2 heterocycles. The van der Waals surface area contributed by atoms with E-state index in [4.69, 9.17) is 4.74 Å². The lowest BCUT2D eigenvalue weighted by Gasteiger charge is -2.34. The minimum Gasteiger partial charge on any atom is -0.369 e. The van der Waals surface area contributed by atoms with Crippen molar-refractivity contribution in [2.24, 2.45) is 11.8 Å². The molecule has 0 atom stereocenters. The zero-order valence-electron chi connectivity index (χ0n) is 14.7. The number of hydrogen-bond acceptors (Lipinski definition) is 3. The number of nitrogens with zero attached hydrogens (tertiary/aromatic N) is 2. The highest BCUT2D eigenvalue weighted by molar-refractivity contribution is 5.77. The average Bonchev–Trinajstić information content (AvgIpc) is 2.52. The number of likely N-dealkylation sites (tertiary alicyclic amines) is 2. The van der Waals surface area contributed by atoms with Crippen molar-refractivity contribution in [1.82, 2.24) is 9.80 Å². The fourth-order valence-corrected chi connectivity index (χ4v) is 3.62. The third-order valence-electron chi connectivity index (χ3n) is 5.33. The molecule has 0 radical (unpaired) electrons. The second-order valence-electron chi connectivity index (χ2n) is 7.51. The SMILES string of the molecule is CC(C)OCC(=O)N1CCC(CCC2CCN(C)CC2)CC1. The maximum Gasteiger partial charge on any atom is 0.248 e. The monoisotopic (exact) mass is 310 g/mol. The zero-order valence-corrected chi connectivity index (χ0v) is 14.7. The highest BCUT2D eigenvalue weighted by Gasteiger charge is 2.24. The summed E-state index contributed by atoms with van der Waals surface area (Å²) < 4.78 is 5.42. The highest BCUT2D eigenvalue weighted by atomic mass is 16.5. The van der Waals surface area contributed by atoms with E-state index in [-0.39, 0.29) is 18.6 Å². The van der Waals surface area contributed by atoms with Crippen LogP contribution in [0.1, 0.15) is 52.4 Å². The lowest BCUT2D eigenvalue weighted by Crippen LogP contribution is -2.41. The van der Waals surface area contributed by atoms with Gasteiger partial charge in [-0.15, -0.1) is 0 Å². The van der Waals surface area contributed by atoms with E-state index in [9.17, 15) is 4.79 Å². The van der Waals surface area contributed by atoms with Crippen molar-refractivity contribution < 1.29 is 9.53 Å². The minimum absolute atomic E-state index is 0.135. The number of carbonyl (C=O) groups is 1. The Labute approximate surface area is 136 Å². The second-order valence-corrected chi connectivity index (χ2v) is 7.51. The molecule has 2 saturated heterocycles. The van der Waals surface area contributed by atoms with Gasteiger partial charge in [0.1, 0.15) is 6.61 Å². The molecule has 1 amide bonds. The largest absolute Gasteiger partial charge is 0.369 e. The first-order valence-corrected chi connectivity index (χ1v) is 9.12. The van der Waals surface area contributed by atoms with Crippen LogP contribution in [0.25, 0.3) is 0 Å². The van der Waals surface area contributed by atoms with Gasteiger partial charge in [0, 0.05) is 13.1 Å². The van der Waals surface area contributed by atoms with E-state index in [2.05, 4.69) is 11.9 Å². The van der Waals surface area contributed by atoms with Gasteiger partial charge >= 0.3 is 0 Å². The molecule has 0 aromatic heterocycles. The summed E-state index contributed by atoms with van der Waals surface area (Å²) in [5.41, 5.74) is 0. The van der Waals surface area contributed by atoms with Crippen molar-refractivity contribution >= 4 is 5.91 Å². The van der Waals surface area contributed by atoms with Gasteiger partial charge in [0.05, 0.1) is 6.10 Å². The first-order chi connectivity index (χ1) is 10.5. The van der Waals surface area contributed by atoms with E-state index in [0.717, 1.165) is 24.9 Å². The molecule has 2 fully saturated rings. The van der Waals surface area contributed by atoms with E-state index in [1.165, 1.54) is 51.6 Å². The Kier molecular flexibility index (Phi) is 7.16. The lowest BCUT2D eigenvalue weighted by molar-refractivity contribution is -0.139. The van der Waals surface area contributed by atoms with Crippen molar-refractivity contribution in [2.75, 3.05) is 39.8 Å². The van der Waals surface area contributed by atoms with E-state index in [1.807, 2.05) is 18.7 Å². The first-order valence-electron chi connectivity index (χ1n) is 9.12. The van der Waals surface area contributed by atoms with Crippen LogP contribution >= 0.6 is 0 Å². The normalized spacial score (nSPS) is 22.5. The Hall–Kier alpha value is -0.610. The van der Waals surface area contributed by atoms with E-state index < -0.39 is 0 Å². The summed E-state index contributed by atoms with van der Waals surface area (Å²) in [6.07, 6.45) is 8.00. The smallest absolute Gasteiger partial charge is 0.248 e. The zero-order chi connectivity index (χ0) is 15.9. The van der Waals surface area contributed by atoms with Gasteiger partial charge in [-0.1, -0.05) is 12.8 Å². The van der Waals surface area contributed by atoms with Gasteiger partial charge in [0.15, 0.2) is 0 Å². The Morgan fingerprint density at radius 3 is 2.00 bits per heavy atom. The van der Waals surface area contributed by atoms with E-state index in [1.54, 1.807) is 0 Å². The summed E-state index contributed by atoms with van der Waals surface area (Å²) in [6.45, 7) is 8.60. The van der Waals surface area contributed by atoms with Gasteiger partial charge in [-0.3, -0.25) is 4.79 Å². The van der Waals surface area contributed by atoms with Crippen molar-refractivity contribution in [2.45, 2.75) is 58.5 Å². The number of ether oxygens (including phenoxy) is 1. The quantitative estimate of drug-likeness (QED) is 0.756. The predicted molar refractivity (Wildman–Crippen MR) is 89.8 cm³/mol. The molecule has 2 aliphatic rings. The molecule has 0 spiro atoms. The number of piperidine rings is 2. The topological polar surface area (TPSA) is 32.8 Å². The fraction of sp³-hybridized carbons (Fsp3) is 0.944. The van der Waals surface area contributed by atoms with Crippen LogP contribution in [0.2, 0.25) is 0 Å². The summed E-state index contributed by atoms with van der Waals surface area (Å²) in [4.78, 5) is 16.5. The van der Waals surface area contributed by atoms with E-state index in [0.29, 0.717) is 0 Å². The number of rotatable bonds is 6. The second kappa shape index (κ2) is 8.88. The molecule has 4 heteroatoms. The summed E-state index contributed by atoms with van der Waals surface area (Å²) in [5, 5.41) is 0. The summed E-state index contributed by atoms with van der Waals surface area (Å²) in [6, 6.07) is 0. The summed E-state index contributed by atoms with van der Waals surface area (Å²) in [5.74, 6) is 1.94. The van der Waals surface area contributed by atoms with Crippen molar-refractivity contribution in [3.63, 3.8) is 0 Å². The molecule has 0 aliphatic carbocycles. The molecule has 4 nitrogen and oxygen atoms in total. The lowest BCUT2D eigenvalue weighted by atomic mass is 9.85. The highest BCUT2D eigenvalue weighted by Crippen LogP contribution is 2.28. The third kappa shape index (κ3) is 5.88. The molecule has 0 N–H and O–H groups in total. The molecule has 128 valence electrons. The molecule has 2 rings (SSSR count). The van der Waals surface area contributed by atoms with Crippen LogP contribution in [0.3, 0.4) is 0 Å². The van der Waals surface area contributed by atoms with Gasteiger partial charge in [-0.25, -0.2) is 0 Å². The van der Waals surface area contributed by atoms with Crippen LogP contribution < -0.4 is 0 Å². The first kappa shape index (κ1) is 17.7.